The summed E-state index contributed by atoms with van der Waals surface area (Å²) < 4.78 is 0. The van der Waals surface area contributed by atoms with E-state index in [1.54, 1.807) is 0 Å². The number of fused-ring (bicyclic) bond motifs is 5. The van der Waals surface area contributed by atoms with Crippen molar-refractivity contribution >= 4 is 21.5 Å². The SMILES string of the molecule is Cc1cc(C2(c3ccc(O)c(C)c3)c3cccc(-c4ccc5ccccc5c4)c3-c3c(-c4ccc5ccccc5c4)cccc32)ccc1O. The zero-order chi connectivity index (χ0) is 33.3. The van der Waals surface area contributed by atoms with E-state index < -0.39 is 5.41 Å². The molecule has 2 heteroatoms. The molecule has 0 aromatic heterocycles. The second-order valence-electron chi connectivity index (χ2n) is 13.3. The number of aryl methyl sites for hydroxylation is 2. The largest absolute Gasteiger partial charge is 0.508 e. The highest BCUT2D eigenvalue weighted by Crippen LogP contribution is 2.61. The van der Waals surface area contributed by atoms with Gasteiger partial charge in [-0.25, -0.2) is 0 Å². The first kappa shape index (κ1) is 29.1. The van der Waals surface area contributed by atoms with Gasteiger partial charge in [0.05, 0.1) is 5.41 Å². The van der Waals surface area contributed by atoms with Crippen molar-refractivity contribution in [2.45, 2.75) is 19.3 Å². The summed E-state index contributed by atoms with van der Waals surface area (Å²) in [5, 5.41) is 26.3. The molecule has 0 fully saturated rings. The van der Waals surface area contributed by atoms with E-state index in [-0.39, 0.29) is 11.5 Å². The first-order chi connectivity index (χ1) is 23.9. The summed E-state index contributed by atoms with van der Waals surface area (Å²) >= 11 is 0. The van der Waals surface area contributed by atoms with Crippen LogP contribution < -0.4 is 0 Å². The van der Waals surface area contributed by atoms with Crippen molar-refractivity contribution in [1.29, 1.82) is 0 Å². The van der Waals surface area contributed by atoms with Crippen LogP contribution in [0.5, 0.6) is 11.5 Å². The van der Waals surface area contributed by atoms with Gasteiger partial charge in [-0.3, -0.25) is 0 Å². The van der Waals surface area contributed by atoms with Crippen LogP contribution in [0, 0.1) is 13.8 Å². The Balaban J connectivity index is 1.45. The average molecular weight is 631 g/mol. The Morgan fingerprint density at radius 1 is 0.388 bits per heavy atom. The monoisotopic (exact) mass is 630 g/mol. The molecule has 0 saturated heterocycles. The average Bonchev–Trinajstić information content (AvgIpc) is 3.45. The van der Waals surface area contributed by atoms with E-state index in [1.807, 2.05) is 26.0 Å². The third kappa shape index (κ3) is 4.34. The molecule has 0 bridgehead atoms. The second-order valence-corrected chi connectivity index (χ2v) is 13.3. The minimum Gasteiger partial charge on any atom is -0.508 e. The normalized spacial score (nSPS) is 13.0. The van der Waals surface area contributed by atoms with E-state index in [2.05, 4.69) is 146 Å². The summed E-state index contributed by atoms with van der Waals surface area (Å²) in [7, 11) is 0. The fourth-order valence-electron chi connectivity index (χ4n) is 8.17. The Kier molecular flexibility index (Phi) is 6.50. The van der Waals surface area contributed by atoms with Crippen molar-refractivity contribution in [3.05, 3.63) is 191 Å². The summed E-state index contributed by atoms with van der Waals surface area (Å²) in [6.45, 7) is 3.92. The molecule has 1 aliphatic carbocycles. The number of phenols is 2. The molecule has 0 saturated carbocycles. The molecule has 0 radical (unpaired) electrons. The molecule has 234 valence electrons. The maximum absolute atomic E-state index is 10.7. The van der Waals surface area contributed by atoms with Gasteiger partial charge in [-0.05, 0) is 126 Å². The van der Waals surface area contributed by atoms with E-state index in [4.69, 9.17) is 0 Å². The summed E-state index contributed by atoms with van der Waals surface area (Å²) in [4.78, 5) is 0. The number of hydrogen-bond donors (Lipinski definition) is 2. The molecule has 8 aromatic rings. The zero-order valence-electron chi connectivity index (χ0n) is 27.4. The smallest absolute Gasteiger partial charge is 0.118 e. The summed E-state index contributed by atoms with van der Waals surface area (Å²) in [6.07, 6.45) is 0. The van der Waals surface area contributed by atoms with Crippen molar-refractivity contribution in [3.63, 3.8) is 0 Å². The second kappa shape index (κ2) is 11.0. The summed E-state index contributed by atoms with van der Waals surface area (Å²) in [5.41, 5.74) is 12.5. The van der Waals surface area contributed by atoms with Crippen LogP contribution in [0.3, 0.4) is 0 Å². The Labute approximate surface area is 286 Å². The van der Waals surface area contributed by atoms with Crippen molar-refractivity contribution in [1.82, 2.24) is 0 Å². The third-order valence-corrected chi connectivity index (χ3v) is 10.6. The fourth-order valence-corrected chi connectivity index (χ4v) is 8.17. The quantitative estimate of drug-likeness (QED) is 0.203. The lowest BCUT2D eigenvalue weighted by molar-refractivity contribution is 0.470. The molecule has 8 aromatic carbocycles. The molecular formula is C47H34O2. The third-order valence-electron chi connectivity index (χ3n) is 10.6. The van der Waals surface area contributed by atoms with Gasteiger partial charge in [-0.1, -0.05) is 133 Å². The lowest BCUT2D eigenvalue weighted by Crippen LogP contribution is -2.29. The van der Waals surface area contributed by atoms with Crippen LogP contribution in [-0.4, -0.2) is 10.2 Å². The first-order valence-corrected chi connectivity index (χ1v) is 16.8. The lowest BCUT2D eigenvalue weighted by atomic mass is 9.67. The van der Waals surface area contributed by atoms with Gasteiger partial charge in [0.15, 0.2) is 0 Å². The topological polar surface area (TPSA) is 40.5 Å². The number of aromatic hydroxyl groups is 2. The van der Waals surface area contributed by atoms with Crippen LogP contribution in [0.1, 0.15) is 33.4 Å². The van der Waals surface area contributed by atoms with Crippen LogP contribution in [0.2, 0.25) is 0 Å². The number of rotatable bonds is 4. The van der Waals surface area contributed by atoms with Crippen LogP contribution in [0.4, 0.5) is 0 Å². The molecule has 0 heterocycles. The predicted molar refractivity (Wildman–Crippen MR) is 202 cm³/mol. The van der Waals surface area contributed by atoms with Crippen molar-refractivity contribution in [3.8, 4) is 44.9 Å². The molecule has 2 N–H and O–H groups in total. The van der Waals surface area contributed by atoms with Crippen molar-refractivity contribution in [2.24, 2.45) is 0 Å². The highest BCUT2D eigenvalue weighted by Gasteiger charge is 2.48. The Hall–Kier alpha value is -6.12. The maximum atomic E-state index is 10.7. The van der Waals surface area contributed by atoms with Gasteiger partial charge in [0.25, 0.3) is 0 Å². The van der Waals surface area contributed by atoms with Gasteiger partial charge in [-0.15, -0.1) is 0 Å². The van der Waals surface area contributed by atoms with E-state index in [9.17, 15) is 10.2 Å². The molecule has 9 rings (SSSR count). The lowest BCUT2D eigenvalue weighted by Gasteiger charge is -2.34. The fraction of sp³-hybridized carbons (Fsp3) is 0.0638. The Morgan fingerprint density at radius 3 is 1.24 bits per heavy atom. The van der Waals surface area contributed by atoms with Gasteiger partial charge in [0, 0.05) is 0 Å². The van der Waals surface area contributed by atoms with Crippen LogP contribution in [0.25, 0.3) is 54.9 Å². The van der Waals surface area contributed by atoms with Crippen LogP contribution >= 0.6 is 0 Å². The van der Waals surface area contributed by atoms with Crippen LogP contribution in [-0.2, 0) is 5.41 Å². The van der Waals surface area contributed by atoms with Gasteiger partial charge in [0.1, 0.15) is 11.5 Å². The molecule has 49 heavy (non-hydrogen) atoms. The minimum atomic E-state index is -0.721. The standard InChI is InChI=1S/C47H34O2/c1-29-25-37(21-23-43(29)48)47(38-22-24-44(49)30(2)26-38)41-15-7-13-39(35-19-17-31-9-3-5-11-33(31)27-35)45(41)46-40(14-8-16-42(46)47)36-20-18-32-10-4-6-12-34(32)28-36/h3-28,48-49H,1-2H3. The molecule has 0 atom stereocenters. The Morgan fingerprint density at radius 2 is 0.816 bits per heavy atom. The van der Waals surface area contributed by atoms with E-state index in [0.717, 1.165) is 33.4 Å². The highest BCUT2D eigenvalue weighted by atomic mass is 16.3. The minimum absolute atomic E-state index is 0.272. The molecule has 1 aliphatic rings. The molecule has 0 spiro atoms. The molecule has 0 amide bonds. The Bertz CT molecular complexity index is 2430. The zero-order valence-corrected chi connectivity index (χ0v) is 27.4. The van der Waals surface area contributed by atoms with E-state index in [1.165, 1.54) is 54.9 Å². The molecular weight excluding hydrogens is 597 g/mol. The summed E-state index contributed by atoms with van der Waals surface area (Å²) in [6, 6.07) is 56.0. The van der Waals surface area contributed by atoms with E-state index in [0.29, 0.717) is 0 Å². The van der Waals surface area contributed by atoms with Crippen molar-refractivity contribution < 1.29 is 10.2 Å². The molecule has 0 unspecified atom stereocenters. The number of phenolic OH excluding ortho intramolecular Hbond substituents is 2. The summed E-state index contributed by atoms with van der Waals surface area (Å²) in [5.74, 6) is 0.545. The molecule has 0 aliphatic heterocycles. The van der Waals surface area contributed by atoms with E-state index >= 15 is 0 Å². The van der Waals surface area contributed by atoms with Crippen LogP contribution in [0.15, 0.2) is 158 Å². The van der Waals surface area contributed by atoms with Crippen molar-refractivity contribution in [2.75, 3.05) is 0 Å². The van der Waals surface area contributed by atoms with Gasteiger partial charge < -0.3 is 10.2 Å². The molecule has 2 nitrogen and oxygen atoms in total. The van der Waals surface area contributed by atoms with Gasteiger partial charge in [0.2, 0.25) is 0 Å². The maximum Gasteiger partial charge on any atom is 0.118 e. The number of hydrogen-bond acceptors (Lipinski definition) is 2. The highest BCUT2D eigenvalue weighted by molar-refractivity contribution is 6.03. The van der Waals surface area contributed by atoms with Gasteiger partial charge >= 0.3 is 0 Å². The predicted octanol–water partition coefficient (Wildman–Crippen LogP) is 11.7. The number of benzene rings is 8. The van der Waals surface area contributed by atoms with Gasteiger partial charge in [-0.2, -0.15) is 0 Å². The first-order valence-electron chi connectivity index (χ1n) is 16.8.